The number of amides is 2. The molecular weight excluding hydrogens is 525 g/mol. The summed E-state index contributed by atoms with van der Waals surface area (Å²) in [7, 11) is 0. The molecule has 1 aromatic heterocycles. The van der Waals surface area contributed by atoms with Crippen molar-refractivity contribution in [2.45, 2.75) is 45.0 Å². The number of hydrogen-bond acceptors (Lipinski definition) is 6. The van der Waals surface area contributed by atoms with Gasteiger partial charge in [0, 0.05) is 56.4 Å². The summed E-state index contributed by atoms with van der Waals surface area (Å²) in [6.07, 6.45) is 1.13. The third kappa shape index (κ3) is 5.24. The number of fused-ring (bicyclic) bond motifs is 1. The smallest absolute Gasteiger partial charge is 0.295 e. The fraction of sp³-hybridized carbons (Fsp3) is 0.393. The molecule has 0 radical (unpaired) electrons. The number of ketones is 1. The highest BCUT2D eigenvalue weighted by molar-refractivity contribution is 6.45. The number of nitrogens with zero attached hydrogens (tertiary/aromatic N) is 4. The predicted molar refractivity (Wildman–Crippen MR) is 145 cm³/mol. The topological polar surface area (TPSA) is 112 Å². The number of rotatable bonds is 5. The quantitative estimate of drug-likeness (QED) is 0.284. The largest absolute Gasteiger partial charge is 0.391 e. The van der Waals surface area contributed by atoms with Crippen molar-refractivity contribution in [1.82, 2.24) is 19.4 Å². The molecule has 0 bridgehead atoms. The molecule has 0 saturated carbocycles. The number of β-amino-alcohol motifs (C(OH)–C–C–N with tert-alkyl or cyclic N) is 1. The van der Waals surface area contributed by atoms with E-state index in [1.54, 1.807) is 17.0 Å². The Balaban J connectivity index is 1.38. The first-order chi connectivity index (χ1) is 18.5. The van der Waals surface area contributed by atoms with Crippen molar-refractivity contribution in [2.24, 2.45) is 0 Å². The highest BCUT2D eigenvalue weighted by Gasteiger charge is 2.35. The van der Waals surface area contributed by atoms with Crippen molar-refractivity contribution in [3.05, 3.63) is 70.1 Å². The van der Waals surface area contributed by atoms with Gasteiger partial charge < -0.3 is 20.7 Å². The van der Waals surface area contributed by atoms with Crippen LogP contribution in [0.5, 0.6) is 0 Å². The van der Waals surface area contributed by atoms with Gasteiger partial charge in [-0.1, -0.05) is 23.7 Å². The van der Waals surface area contributed by atoms with Gasteiger partial charge in [0.25, 0.3) is 17.6 Å². The number of hydrogen-bond donors (Lipinski definition) is 2. The SMILES string of the molecule is C[C@@H]1CN(Cc2ccc(F)cc2)[C@@H](C)CN1C(=O)c1cc2c(C(=O)C(=O)N3CC[C@@H](O)C3)cn(N)c2cc1Cl. The highest BCUT2D eigenvalue weighted by Crippen LogP contribution is 2.30. The molecule has 3 heterocycles. The van der Waals surface area contributed by atoms with Crippen LogP contribution in [0.3, 0.4) is 0 Å². The molecule has 2 saturated heterocycles. The first kappa shape index (κ1) is 27.1. The minimum atomic E-state index is -0.754. The van der Waals surface area contributed by atoms with Gasteiger partial charge in [-0.2, -0.15) is 0 Å². The molecule has 2 fully saturated rings. The van der Waals surface area contributed by atoms with E-state index in [2.05, 4.69) is 4.90 Å². The summed E-state index contributed by atoms with van der Waals surface area (Å²) in [5, 5.41) is 10.3. The Morgan fingerprint density at radius 2 is 1.77 bits per heavy atom. The van der Waals surface area contributed by atoms with Gasteiger partial charge in [-0.3, -0.25) is 24.0 Å². The van der Waals surface area contributed by atoms with Crippen LogP contribution < -0.4 is 5.84 Å². The maximum atomic E-state index is 13.7. The zero-order valence-electron chi connectivity index (χ0n) is 21.8. The van der Waals surface area contributed by atoms with Gasteiger partial charge in [0.1, 0.15) is 5.82 Å². The van der Waals surface area contributed by atoms with Crippen molar-refractivity contribution in [2.75, 3.05) is 32.0 Å². The molecule has 2 aliphatic rings. The number of nitrogens with two attached hydrogens (primary N) is 1. The standard InChI is InChI=1S/C28H31ClFN5O4/c1-16-12-34(17(2)11-33(16)13-18-3-5-19(30)6-4-18)27(38)22-9-21-23(15-35(31)25(21)10-24(22)29)26(37)28(39)32-8-7-20(36)14-32/h3-6,9-10,15-17,20,36H,7-8,11-14,31H2,1-2H3/t16-,17+,20+/m0/s1. The van der Waals surface area contributed by atoms with Crippen LogP contribution in [0, 0.1) is 5.82 Å². The second-order valence-electron chi connectivity index (χ2n) is 10.5. The van der Waals surface area contributed by atoms with Crippen LogP contribution in [0.1, 0.15) is 46.5 Å². The summed E-state index contributed by atoms with van der Waals surface area (Å²) in [5.74, 6) is 4.04. The zero-order chi connectivity index (χ0) is 28.0. The number of benzene rings is 2. The lowest BCUT2D eigenvalue weighted by Crippen LogP contribution is -2.57. The third-order valence-corrected chi connectivity index (χ3v) is 8.03. The number of carbonyl (C=O) groups excluding carboxylic acids is 3. The number of aromatic nitrogens is 1. The molecule has 3 N–H and O–H groups in total. The highest BCUT2D eigenvalue weighted by atomic mass is 35.5. The van der Waals surface area contributed by atoms with Gasteiger partial charge in [-0.05, 0) is 50.1 Å². The van der Waals surface area contributed by atoms with E-state index in [9.17, 15) is 23.9 Å². The third-order valence-electron chi connectivity index (χ3n) is 7.72. The summed E-state index contributed by atoms with van der Waals surface area (Å²) in [6.45, 7) is 6.10. The average Bonchev–Trinajstić information content (AvgIpc) is 3.48. The molecule has 0 spiro atoms. The van der Waals surface area contributed by atoms with Crippen LogP contribution in [0.15, 0.2) is 42.6 Å². The van der Waals surface area contributed by atoms with E-state index in [1.807, 2.05) is 13.8 Å². The molecule has 206 valence electrons. The lowest BCUT2D eigenvalue weighted by atomic mass is 10.0. The van der Waals surface area contributed by atoms with Crippen molar-refractivity contribution < 1.29 is 23.9 Å². The van der Waals surface area contributed by atoms with E-state index >= 15 is 0 Å². The van der Waals surface area contributed by atoms with Crippen LogP contribution in [0.25, 0.3) is 10.9 Å². The number of Topliss-reactive ketones (excluding diaryl/α,β-unsaturated/α-hetero) is 1. The second kappa shape index (κ2) is 10.6. The zero-order valence-corrected chi connectivity index (χ0v) is 22.6. The molecule has 0 unspecified atom stereocenters. The van der Waals surface area contributed by atoms with Crippen molar-refractivity contribution in [3.8, 4) is 0 Å². The molecule has 2 aromatic carbocycles. The van der Waals surface area contributed by atoms with E-state index < -0.39 is 17.8 Å². The number of aliphatic hydroxyl groups is 1. The van der Waals surface area contributed by atoms with E-state index in [0.717, 1.165) is 5.56 Å². The summed E-state index contributed by atoms with van der Waals surface area (Å²) in [4.78, 5) is 45.0. The van der Waals surface area contributed by atoms with Crippen LogP contribution >= 0.6 is 11.6 Å². The Kier molecular flexibility index (Phi) is 7.37. The summed E-state index contributed by atoms with van der Waals surface area (Å²) >= 11 is 6.55. The van der Waals surface area contributed by atoms with Gasteiger partial charge in [-0.25, -0.2) is 4.39 Å². The summed E-state index contributed by atoms with van der Waals surface area (Å²) < 4.78 is 14.5. The Bertz CT molecular complexity index is 1440. The van der Waals surface area contributed by atoms with Gasteiger partial charge in [0.2, 0.25) is 0 Å². The fourth-order valence-corrected chi connectivity index (χ4v) is 5.72. The number of piperazine rings is 1. The van der Waals surface area contributed by atoms with Gasteiger partial charge in [-0.15, -0.1) is 0 Å². The minimum Gasteiger partial charge on any atom is -0.391 e. The first-order valence-electron chi connectivity index (χ1n) is 12.9. The predicted octanol–water partition coefficient (Wildman–Crippen LogP) is 2.66. The molecule has 3 aromatic rings. The van der Waals surface area contributed by atoms with Crippen LogP contribution in [-0.4, -0.2) is 86.4 Å². The molecule has 2 amide bonds. The number of carbonyl (C=O) groups is 3. The molecular formula is C28H31ClFN5O4. The van der Waals surface area contributed by atoms with Crippen molar-refractivity contribution in [3.63, 3.8) is 0 Å². The summed E-state index contributed by atoms with van der Waals surface area (Å²) in [6, 6.07) is 9.37. The maximum absolute atomic E-state index is 13.7. The van der Waals surface area contributed by atoms with Crippen LogP contribution in [0.2, 0.25) is 5.02 Å². The van der Waals surface area contributed by atoms with E-state index in [4.69, 9.17) is 17.4 Å². The molecule has 0 aliphatic carbocycles. The lowest BCUT2D eigenvalue weighted by molar-refractivity contribution is -0.125. The van der Waals surface area contributed by atoms with Crippen LogP contribution in [-0.2, 0) is 11.3 Å². The lowest BCUT2D eigenvalue weighted by Gasteiger charge is -2.44. The minimum absolute atomic E-state index is 0.0356. The van der Waals surface area contributed by atoms with Gasteiger partial charge in [0.05, 0.1) is 27.8 Å². The molecule has 39 heavy (non-hydrogen) atoms. The Morgan fingerprint density at radius 3 is 2.44 bits per heavy atom. The summed E-state index contributed by atoms with van der Waals surface area (Å²) in [5.41, 5.74) is 1.71. The van der Waals surface area contributed by atoms with Gasteiger partial charge >= 0.3 is 0 Å². The Morgan fingerprint density at radius 1 is 1.05 bits per heavy atom. The van der Waals surface area contributed by atoms with E-state index in [1.165, 1.54) is 40.0 Å². The molecule has 3 atom stereocenters. The number of halogens is 2. The maximum Gasteiger partial charge on any atom is 0.295 e. The first-order valence-corrected chi connectivity index (χ1v) is 13.3. The monoisotopic (exact) mass is 555 g/mol. The second-order valence-corrected chi connectivity index (χ2v) is 10.9. The van der Waals surface area contributed by atoms with Crippen LogP contribution in [0.4, 0.5) is 4.39 Å². The number of aliphatic hydroxyl groups excluding tert-OH is 1. The Labute approximate surface area is 230 Å². The van der Waals surface area contributed by atoms with Crippen molar-refractivity contribution in [1.29, 1.82) is 0 Å². The van der Waals surface area contributed by atoms with Crippen molar-refractivity contribution >= 4 is 40.1 Å². The van der Waals surface area contributed by atoms with E-state index in [-0.39, 0.29) is 46.5 Å². The number of nitrogen functional groups attached to an aromatic ring is 1. The molecule has 5 rings (SSSR count). The van der Waals surface area contributed by atoms with E-state index in [0.29, 0.717) is 43.5 Å². The number of likely N-dealkylation sites (tertiary alicyclic amines) is 1. The molecule has 2 aliphatic heterocycles. The normalized spacial score (nSPS) is 22.0. The van der Waals surface area contributed by atoms with Gasteiger partial charge in [0.15, 0.2) is 0 Å². The molecule has 11 heteroatoms. The average molecular weight is 556 g/mol. The fourth-order valence-electron chi connectivity index (χ4n) is 5.48. The Hall–Kier alpha value is -3.47. The molecule has 9 nitrogen and oxygen atoms in total.